The maximum Gasteiger partial charge on any atom is 0.264 e. The van der Waals surface area contributed by atoms with Crippen LogP contribution in [0.4, 0.5) is 5.69 Å². The average molecular weight is 426 g/mol. The van der Waals surface area contributed by atoms with Crippen LogP contribution in [0.1, 0.15) is 28.6 Å². The third-order valence-corrected chi connectivity index (χ3v) is 6.29. The summed E-state index contributed by atoms with van der Waals surface area (Å²) in [5.41, 5.74) is 1.66. The Hall–Kier alpha value is -3.39. The van der Waals surface area contributed by atoms with Crippen molar-refractivity contribution in [3.05, 3.63) is 83.8 Å². The number of amides is 1. The van der Waals surface area contributed by atoms with Crippen LogP contribution < -0.4 is 9.62 Å². The van der Waals surface area contributed by atoms with Gasteiger partial charge in [-0.05, 0) is 62.4 Å². The van der Waals surface area contributed by atoms with E-state index in [0.29, 0.717) is 11.3 Å². The van der Waals surface area contributed by atoms with Gasteiger partial charge in [-0.15, -0.1) is 0 Å². The number of carbonyl (C=O) groups is 2. The molecule has 0 saturated heterocycles. The summed E-state index contributed by atoms with van der Waals surface area (Å²) < 4.78 is 32.8. The van der Waals surface area contributed by atoms with E-state index >= 15 is 0 Å². The highest BCUT2D eigenvalue weighted by Crippen LogP contribution is 2.24. The van der Waals surface area contributed by atoms with Gasteiger partial charge in [-0.1, -0.05) is 17.7 Å². The fourth-order valence-corrected chi connectivity index (χ4v) is 4.22. The highest BCUT2D eigenvalue weighted by molar-refractivity contribution is 7.92. The summed E-state index contributed by atoms with van der Waals surface area (Å²) in [5, 5.41) is 2.65. The average Bonchev–Trinajstić information content (AvgIpc) is 3.24. The number of nitrogens with one attached hydrogen (secondary N) is 1. The SMILES string of the molecule is CC(=O)c1ccc(N(CC(=O)NCc2ccco2)S(=O)(=O)c2ccc(C)cc2)cc1. The number of Topliss-reactive ketones (excluding diaryl/α,β-unsaturated/α-hetero) is 1. The van der Waals surface area contributed by atoms with Gasteiger partial charge in [0.15, 0.2) is 5.78 Å². The molecule has 1 heterocycles. The third-order valence-electron chi connectivity index (χ3n) is 4.50. The molecule has 1 amide bonds. The Bertz CT molecular complexity index is 1120. The predicted molar refractivity (Wildman–Crippen MR) is 113 cm³/mol. The van der Waals surface area contributed by atoms with Crippen LogP contribution in [0.15, 0.2) is 76.2 Å². The van der Waals surface area contributed by atoms with Gasteiger partial charge >= 0.3 is 0 Å². The maximum absolute atomic E-state index is 13.3. The van der Waals surface area contributed by atoms with E-state index in [9.17, 15) is 18.0 Å². The summed E-state index contributed by atoms with van der Waals surface area (Å²) >= 11 is 0. The molecule has 2 aromatic carbocycles. The van der Waals surface area contributed by atoms with Crippen LogP contribution in [0.3, 0.4) is 0 Å². The molecule has 0 spiro atoms. The number of furan rings is 1. The van der Waals surface area contributed by atoms with Gasteiger partial charge in [-0.2, -0.15) is 0 Å². The number of anilines is 1. The number of ketones is 1. The molecule has 0 aliphatic carbocycles. The number of carbonyl (C=O) groups excluding carboxylic acids is 2. The van der Waals surface area contributed by atoms with Crippen molar-refractivity contribution in [3.8, 4) is 0 Å². The first kappa shape index (κ1) is 21.3. The van der Waals surface area contributed by atoms with Gasteiger partial charge in [0.05, 0.1) is 23.4 Å². The van der Waals surface area contributed by atoms with Gasteiger partial charge in [0.1, 0.15) is 12.3 Å². The second kappa shape index (κ2) is 8.96. The van der Waals surface area contributed by atoms with Crippen LogP contribution in [0.5, 0.6) is 0 Å². The lowest BCUT2D eigenvalue weighted by Crippen LogP contribution is -2.40. The molecule has 3 aromatic rings. The van der Waals surface area contributed by atoms with Gasteiger partial charge < -0.3 is 9.73 Å². The minimum absolute atomic E-state index is 0.0718. The topological polar surface area (TPSA) is 96.7 Å². The largest absolute Gasteiger partial charge is 0.467 e. The van der Waals surface area contributed by atoms with Gasteiger partial charge in [0, 0.05) is 5.56 Å². The fraction of sp³-hybridized carbons (Fsp3) is 0.182. The number of benzene rings is 2. The monoisotopic (exact) mass is 426 g/mol. The lowest BCUT2D eigenvalue weighted by atomic mass is 10.1. The number of rotatable bonds is 8. The molecule has 0 unspecified atom stereocenters. The number of hydrogen-bond acceptors (Lipinski definition) is 5. The van der Waals surface area contributed by atoms with Gasteiger partial charge in [-0.3, -0.25) is 13.9 Å². The van der Waals surface area contributed by atoms with Crippen molar-refractivity contribution in [2.45, 2.75) is 25.3 Å². The van der Waals surface area contributed by atoms with E-state index in [2.05, 4.69) is 5.32 Å². The molecule has 7 nitrogen and oxygen atoms in total. The first-order valence-corrected chi connectivity index (χ1v) is 10.7. The Kier molecular flexibility index (Phi) is 6.37. The van der Waals surface area contributed by atoms with E-state index in [-0.39, 0.29) is 22.9 Å². The Morgan fingerprint density at radius 3 is 2.23 bits per heavy atom. The molecule has 156 valence electrons. The Morgan fingerprint density at radius 2 is 1.67 bits per heavy atom. The van der Waals surface area contributed by atoms with E-state index in [1.807, 2.05) is 6.92 Å². The van der Waals surface area contributed by atoms with Crippen molar-refractivity contribution in [2.24, 2.45) is 0 Å². The molecular weight excluding hydrogens is 404 g/mol. The molecule has 0 saturated carbocycles. The van der Waals surface area contributed by atoms with Crippen molar-refractivity contribution < 1.29 is 22.4 Å². The highest BCUT2D eigenvalue weighted by Gasteiger charge is 2.27. The van der Waals surface area contributed by atoms with Crippen LogP contribution in [-0.4, -0.2) is 26.7 Å². The minimum Gasteiger partial charge on any atom is -0.467 e. The van der Waals surface area contributed by atoms with Crippen molar-refractivity contribution in [3.63, 3.8) is 0 Å². The Labute approximate surface area is 175 Å². The number of sulfonamides is 1. The summed E-state index contributed by atoms with van der Waals surface area (Å²) in [7, 11) is -4.01. The zero-order valence-corrected chi connectivity index (χ0v) is 17.5. The van der Waals surface area contributed by atoms with Gasteiger partial charge in [0.25, 0.3) is 10.0 Å². The van der Waals surface area contributed by atoms with Crippen LogP contribution in [-0.2, 0) is 21.4 Å². The normalized spacial score (nSPS) is 11.1. The molecule has 1 aromatic heterocycles. The molecule has 0 bridgehead atoms. The summed E-state index contributed by atoms with van der Waals surface area (Å²) in [6.45, 7) is 3.01. The molecule has 30 heavy (non-hydrogen) atoms. The summed E-state index contributed by atoms with van der Waals surface area (Å²) in [6, 6.07) is 15.9. The standard InChI is InChI=1S/C22H22N2O5S/c1-16-5-11-21(12-6-16)30(27,28)24(19-9-7-18(8-10-19)17(2)25)15-22(26)23-14-20-4-3-13-29-20/h3-13H,14-15H2,1-2H3,(H,23,26). The Morgan fingerprint density at radius 1 is 1.00 bits per heavy atom. The maximum atomic E-state index is 13.3. The first-order valence-electron chi connectivity index (χ1n) is 9.27. The molecule has 0 fully saturated rings. The molecular formula is C22H22N2O5S. The molecule has 0 aliphatic rings. The first-order chi connectivity index (χ1) is 14.3. The van der Waals surface area contributed by atoms with E-state index < -0.39 is 22.5 Å². The van der Waals surface area contributed by atoms with Crippen molar-refractivity contribution in [1.82, 2.24) is 5.32 Å². The molecule has 3 rings (SSSR count). The van der Waals surface area contributed by atoms with Gasteiger partial charge in [0.2, 0.25) is 5.91 Å². The molecule has 0 radical (unpaired) electrons. The van der Waals surface area contributed by atoms with E-state index in [1.54, 1.807) is 24.3 Å². The third kappa shape index (κ3) is 4.96. The van der Waals surface area contributed by atoms with Crippen molar-refractivity contribution >= 4 is 27.4 Å². The predicted octanol–water partition coefficient (Wildman–Crippen LogP) is 3.30. The molecule has 0 atom stereocenters. The molecule has 1 N–H and O–H groups in total. The Balaban J connectivity index is 1.90. The fourth-order valence-electron chi connectivity index (χ4n) is 2.80. The summed E-state index contributed by atoms with van der Waals surface area (Å²) in [6.07, 6.45) is 1.49. The van der Waals surface area contributed by atoms with Crippen molar-refractivity contribution in [1.29, 1.82) is 0 Å². The summed E-state index contributed by atoms with van der Waals surface area (Å²) in [5.74, 6) is -0.0643. The molecule has 0 aliphatic heterocycles. The van der Waals surface area contributed by atoms with Crippen LogP contribution in [0, 0.1) is 6.92 Å². The smallest absolute Gasteiger partial charge is 0.264 e. The second-order valence-corrected chi connectivity index (χ2v) is 8.65. The van der Waals surface area contributed by atoms with E-state index in [1.165, 1.54) is 49.6 Å². The van der Waals surface area contributed by atoms with Crippen LogP contribution in [0.2, 0.25) is 0 Å². The van der Waals surface area contributed by atoms with Crippen molar-refractivity contribution in [2.75, 3.05) is 10.8 Å². The zero-order chi connectivity index (χ0) is 21.7. The molecule has 8 heteroatoms. The van der Waals surface area contributed by atoms with Crippen LogP contribution in [0.25, 0.3) is 0 Å². The van der Waals surface area contributed by atoms with E-state index in [0.717, 1.165) is 9.87 Å². The second-order valence-electron chi connectivity index (χ2n) is 6.78. The zero-order valence-electron chi connectivity index (χ0n) is 16.7. The quantitative estimate of drug-likeness (QED) is 0.558. The number of nitrogens with zero attached hydrogens (tertiary/aromatic N) is 1. The lowest BCUT2D eigenvalue weighted by molar-refractivity contribution is -0.119. The van der Waals surface area contributed by atoms with E-state index in [4.69, 9.17) is 4.42 Å². The number of hydrogen-bond donors (Lipinski definition) is 1. The van der Waals surface area contributed by atoms with Gasteiger partial charge in [-0.25, -0.2) is 8.42 Å². The minimum atomic E-state index is -4.01. The summed E-state index contributed by atoms with van der Waals surface area (Å²) in [4.78, 5) is 24.1. The van der Waals surface area contributed by atoms with Crippen LogP contribution >= 0.6 is 0 Å². The lowest BCUT2D eigenvalue weighted by Gasteiger charge is -2.24. The highest BCUT2D eigenvalue weighted by atomic mass is 32.2. The number of aryl methyl sites for hydroxylation is 1.